The van der Waals surface area contributed by atoms with Crippen LogP contribution in [0.3, 0.4) is 0 Å². The number of hydrogen-bond acceptors (Lipinski definition) is 5. The normalized spacial score (nSPS) is 10.1. The van der Waals surface area contributed by atoms with Gasteiger partial charge in [0.1, 0.15) is 23.9 Å². The molecule has 0 saturated carbocycles. The molecule has 0 aliphatic carbocycles. The molecule has 0 aromatic heterocycles. The maximum absolute atomic E-state index is 12.7. The highest BCUT2D eigenvalue weighted by Crippen LogP contribution is 2.36. The Labute approximate surface area is 179 Å². The highest BCUT2D eigenvalue weighted by atomic mass is 35.5. The minimum absolute atomic E-state index is 0.219. The number of nitrogens with one attached hydrogen (secondary N) is 1. The average molecular weight is 423 g/mol. The van der Waals surface area contributed by atoms with Crippen LogP contribution in [0.5, 0.6) is 17.2 Å². The zero-order valence-corrected chi connectivity index (χ0v) is 17.2. The third-order valence-corrected chi connectivity index (χ3v) is 4.65. The molecule has 3 aromatic carbocycles. The molecule has 1 N–H and O–H groups in total. The van der Waals surface area contributed by atoms with Gasteiger partial charge in [0.2, 0.25) is 0 Å². The van der Waals surface area contributed by atoms with Gasteiger partial charge in [-0.3, -0.25) is 4.79 Å². The van der Waals surface area contributed by atoms with Crippen LogP contribution in [0.4, 0.5) is 5.69 Å². The van der Waals surface area contributed by atoms with Crippen molar-refractivity contribution in [1.29, 1.82) is 5.26 Å². The molecule has 152 valence electrons. The summed E-state index contributed by atoms with van der Waals surface area (Å²) >= 11 is 6.16. The van der Waals surface area contributed by atoms with E-state index in [0.717, 1.165) is 5.56 Å². The fourth-order valence-electron chi connectivity index (χ4n) is 2.80. The van der Waals surface area contributed by atoms with Crippen LogP contribution in [0, 0.1) is 11.3 Å². The van der Waals surface area contributed by atoms with Crippen LogP contribution >= 0.6 is 11.6 Å². The molecule has 7 heteroatoms. The number of benzene rings is 3. The van der Waals surface area contributed by atoms with Crippen molar-refractivity contribution in [2.75, 3.05) is 19.5 Å². The lowest BCUT2D eigenvalue weighted by atomic mass is 10.1. The van der Waals surface area contributed by atoms with E-state index in [9.17, 15) is 10.1 Å². The number of nitrogens with zero attached hydrogens (tertiary/aromatic N) is 1. The molecule has 0 fully saturated rings. The van der Waals surface area contributed by atoms with Crippen LogP contribution < -0.4 is 19.5 Å². The Morgan fingerprint density at radius 2 is 1.80 bits per heavy atom. The van der Waals surface area contributed by atoms with Gasteiger partial charge >= 0.3 is 0 Å². The molecule has 0 aliphatic rings. The summed E-state index contributed by atoms with van der Waals surface area (Å²) in [7, 11) is 2.99. The molecule has 0 spiro atoms. The van der Waals surface area contributed by atoms with Crippen LogP contribution in [0.1, 0.15) is 21.5 Å². The van der Waals surface area contributed by atoms with Crippen molar-refractivity contribution in [2.24, 2.45) is 0 Å². The molecule has 3 rings (SSSR count). The van der Waals surface area contributed by atoms with E-state index >= 15 is 0 Å². The van der Waals surface area contributed by atoms with Gasteiger partial charge in [0, 0.05) is 17.2 Å². The van der Waals surface area contributed by atoms with Gasteiger partial charge < -0.3 is 19.5 Å². The van der Waals surface area contributed by atoms with Crippen molar-refractivity contribution >= 4 is 23.2 Å². The summed E-state index contributed by atoms with van der Waals surface area (Å²) in [6.45, 7) is 0.219. The molecule has 0 unspecified atom stereocenters. The van der Waals surface area contributed by atoms with Crippen molar-refractivity contribution in [2.45, 2.75) is 6.61 Å². The Hall–Kier alpha value is -3.69. The van der Waals surface area contributed by atoms with E-state index in [2.05, 4.69) is 11.4 Å². The molecule has 0 aliphatic heterocycles. The SMILES string of the molecule is COc1cc(OC)c(NC(=O)c2cccc(OCc3ccccc3C#N)c2)cc1Cl. The molecule has 0 heterocycles. The molecular weight excluding hydrogens is 404 g/mol. The largest absolute Gasteiger partial charge is 0.495 e. The summed E-state index contributed by atoms with van der Waals surface area (Å²) in [4.78, 5) is 12.7. The zero-order valence-electron chi connectivity index (χ0n) is 16.4. The minimum atomic E-state index is -0.350. The second-order valence-electron chi connectivity index (χ2n) is 6.23. The van der Waals surface area contributed by atoms with Crippen LogP contribution in [0.15, 0.2) is 60.7 Å². The number of halogens is 1. The van der Waals surface area contributed by atoms with Crippen molar-refractivity contribution in [3.8, 4) is 23.3 Å². The molecule has 0 atom stereocenters. The molecule has 0 saturated heterocycles. The Bertz CT molecular complexity index is 1110. The molecular formula is C23H19ClN2O4. The van der Waals surface area contributed by atoms with Crippen molar-refractivity contribution < 1.29 is 19.0 Å². The molecule has 30 heavy (non-hydrogen) atoms. The number of anilines is 1. The first-order valence-electron chi connectivity index (χ1n) is 8.99. The van der Waals surface area contributed by atoms with E-state index in [1.165, 1.54) is 14.2 Å². The van der Waals surface area contributed by atoms with Crippen LogP contribution in [-0.2, 0) is 6.61 Å². The molecule has 1 amide bonds. The number of nitriles is 1. The van der Waals surface area contributed by atoms with E-state index in [-0.39, 0.29) is 12.5 Å². The summed E-state index contributed by atoms with van der Waals surface area (Å²) in [6, 6.07) is 19.3. The van der Waals surface area contributed by atoms with Crippen LogP contribution in [0.25, 0.3) is 0 Å². The van der Waals surface area contributed by atoms with Gasteiger partial charge in [0.15, 0.2) is 0 Å². The predicted molar refractivity (Wildman–Crippen MR) is 114 cm³/mol. The maximum atomic E-state index is 12.7. The summed E-state index contributed by atoms with van der Waals surface area (Å²) < 4.78 is 16.3. The third-order valence-electron chi connectivity index (χ3n) is 4.35. The molecule has 3 aromatic rings. The predicted octanol–water partition coefficient (Wildman–Crippen LogP) is 5.06. The second kappa shape index (κ2) is 9.68. The van der Waals surface area contributed by atoms with E-state index in [4.69, 9.17) is 25.8 Å². The monoisotopic (exact) mass is 422 g/mol. The van der Waals surface area contributed by atoms with E-state index < -0.39 is 0 Å². The van der Waals surface area contributed by atoms with Gasteiger partial charge in [-0.25, -0.2) is 0 Å². The number of rotatable bonds is 7. The van der Waals surface area contributed by atoms with Crippen LogP contribution in [0.2, 0.25) is 5.02 Å². The lowest BCUT2D eigenvalue weighted by molar-refractivity contribution is 0.102. The van der Waals surface area contributed by atoms with Crippen molar-refractivity contribution in [1.82, 2.24) is 0 Å². The quantitative estimate of drug-likeness (QED) is 0.575. The summed E-state index contributed by atoms with van der Waals surface area (Å²) in [5.41, 5.74) is 2.14. The van der Waals surface area contributed by atoms with E-state index in [1.807, 2.05) is 12.1 Å². The number of carbonyl (C=O) groups excluding carboxylic acids is 1. The lowest BCUT2D eigenvalue weighted by Crippen LogP contribution is -2.13. The van der Waals surface area contributed by atoms with Crippen molar-refractivity contribution in [3.63, 3.8) is 0 Å². The van der Waals surface area contributed by atoms with Gasteiger partial charge in [-0.05, 0) is 30.3 Å². The number of hydrogen-bond donors (Lipinski definition) is 1. The first kappa shape index (κ1) is 21.0. The summed E-state index contributed by atoms with van der Waals surface area (Å²) in [5, 5.41) is 12.3. The Morgan fingerprint density at radius 3 is 2.53 bits per heavy atom. The number of ether oxygens (including phenoxy) is 3. The fraction of sp³-hybridized carbons (Fsp3) is 0.130. The smallest absolute Gasteiger partial charge is 0.255 e. The first-order chi connectivity index (χ1) is 14.5. The maximum Gasteiger partial charge on any atom is 0.255 e. The first-order valence-corrected chi connectivity index (χ1v) is 9.37. The molecule has 0 bridgehead atoms. The van der Waals surface area contributed by atoms with Gasteiger partial charge in [-0.2, -0.15) is 5.26 Å². The fourth-order valence-corrected chi connectivity index (χ4v) is 3.04. The van der Waals surface area contributed by atoms with Crippen molar-refractivity contribution in [3.05, 3.63) is 82.4 Å². The van der Waals surface area contributed by atoms with Gasteiger partial charge in [0.25, 0.3) is 5.91 Å². The highest BCUT2D eigenvalue weighted by Gasteiger charge is 2.14. The summed E-state index contributed by atoms with van der Waals surface area (Å²) in [5.74, 6) is 1.03. The average Bonchev–Trinajstić information content (AvgIpc) is 2.78. The Kier molecular flexibility index (Phi) is 6.79. The Morgan fingerprint density at radius 1 is 1.03 bits per heavy atom. The van der Waals surface area contributed by atoms with Gasteiger partial charge in [-0.15, -0.1) is 0 Å². The topological polar surface area (TPSA) is 80.6 Å². The van der Waals surface area contributed by atoms with Crippen LogP contribution in [-0.4, -0.2) is 20.1 Å². The zero-order chi connectivity index (χ0) is 21.5. The van der Waals surface area contributed by atoms with Gasteiger partial charge in [0.05, 0.1) is 36.6 Å². The van der Waals surface area contributed by atoms with E-state index in [0.29, 0.717) is 39.1 Å². The minimum Gasteiger partial charge on any atom is -0.495 e. The molecule has 6 nitrogen and oxygen atoms in total. The standard InChI is InChI=1S/C23H19ClN2O4/c1-28-21-12-22(29-2)20(11-19(21)24)26-23(27)15-8-5-9-18(10-15)30-14-17-7-4-3-6-16(17)13-25/h3-12H,14H2,1-2H3,(H,26,27). The number of methoxy groups -OCH3 is 2. The molecule has 0 radical (unpaired) electrons. The third kappa shape index (κ3) is 4.83. The number of amides is 1. The highest BCUT2D eigenvalue weighted by molar-refractivity contribution is 6.32. The van der Waals surface area contributed by atoms with E-state index in [1.54, 1.807) is 48.5 Å². The Balaban J connectivity index is 1.75. The van der Waals surface area contributed by atoms with Gasteiger partial charge in [-0.1, -0.05) is 35.9 Å². The second-order valence-corrected chi connectivity index (χ2v) is 6.63. The number of carbonyl (C=O) groups is 1. The summed E-state index contributed by atoms with van der Waals surface area (Å²) in [6.07, 6.45) is 0. The lowest BCUT2D eigenvalue weighted by Gasteiger charge is -2.13.